The van der Waals surface area contributed by atoms with E-state index in [2.05, 4.69) is 31.9 Å². The number of fused-ring (bicyclic) bond motifs is 5. The molecule has 7 amide bonds. The van der Waals surface area contributed by atoms with Crippen LogP contribution >= 0.6 is 0 Å². The minimum atomic E-state index is -1.54. The van der Waals surface area contributed by atoms with Crippen LogP contribution in [0.15, 0.2) is 36.4 Å². The molecule has 0 saturated heterocycles. The van der Waals surface area contributed by atoms with Gasteiger partial charge < -0.3 is 65.6 Å². The van der Waals surface area contributed by atoms with Gasteiger partial charge in [-0.05, 0) is 111 Å². The number of nitrogens with zero attached hydrogens (tertiary/aromatic N) is 1. The fraction of sp³-hybridized carbons (Fsp3) is 0.565. The molecule has 0 radical (unpaired) electrons. The van der Waals surface area contributed by atoms with E-state index in [1.54, 1.807) is 86.6 Å². The maximum atomic E-state index is 14.5. The van der Waals surface area contributed by atoms with Crippen LogP contribution in [0.5, 0.6) is 11.5 Å². The van der Waals surface area contributed by atoms with Crippen molar-refractivity contribution in [3.8, 4) is 22.6 Å². The number of hydrogen-bond acceptors (Lipinski definition) is 13. The van der Waals surface area contributed by atoms with E-state index in [0.717, 1.165) is 4.90 Å². The van der Waals surface area contributed by atoms with E-state index in [9.17, 15) is 43.5 Å². The summed E-state index contributed by atoms with van der Waals surface area (Å²) in [5.41, 5.74) is -1.09. The number of ether oxygens (including phenoxy) is 5. The highest BCUT2D eigenvalue weighted by molar-refractivity contribution is 6.02. The molecule has 1 heterocycles. The second-order valence-corrected chi connectivity index (χ2v) is 18.7. The quantitative estimate of drug-likeness (QED) is 0.0765. The predicted octanol–water partition coefficient (Wildman–Crippen LogP) is 3.57. The molecule has 0 fully saturated rings. The Morgan fingerprint density at radius 3 is 1.67 bits per heavy atom. The van der Waals surface area contributed by atoms with Crippen molar-refractivity contribution in [2.24, 2.45) is 5.92 Å². The van der Waals surface area contributed by atoms with Crippen molar-refractivity contribution in [2.75, 3.05) is 46.9 Å². The number of benzene rings is 2. The number of carboxylic acid groups (broad SMARTS) is 1. The normalized spacial score (nSPS) is 16.9. The van der Waals surface area contributed by atoms with Crippen LogP contribution in [0.2, 0.25) is 0 Å². The van der Waals surface area contributed by atoms with Crippen LogP contribution in [0, 0.1) is 5.92 Å². The van der Waals surface area contributed by atoms with Crippen LogP contribution < -0.4 is 41.4 Å². The van der Waals surface area contributed by atoms with Gasteiger partial charge in [-0.2, -0.15) is 0 Å². The Morgan fingerprint density at radius 1 is 0.716 bits per heavy atom. The van der Waals surface area contributed by atoms with Crippen LogP contribution in [0.25, 0.3) is 11.1 Å². The number of likely N-dealkylation sites (N-methyl/N-ethyl adjacent to an activating group) is 1. The predicted molar refractivity (Wildman–Crippen MR) is 244 cm³/mol. The SMILES string of the molecule is CNC(=O)C(CCNC(=O)OC(C)(C)C)C(=O)N(C)[C@@H]1C(=O)N[C@@H](C)C(=O)N[C@H](C(=O)O)Cc2ccc(OCCNC(=O)OC(C)(C)C)c(c2)-c2cc1ccc2OCCNC(=O)OC(C)(C)C. The molecule has 7 N–H and O–H groups in total. The first-order chi connectivity index (χ1) is 31.1. The fourth-order valence-electron chi connectivity index (χ4n) is 6.54. The summed E-state index contributed by atoms with van der Waals surface area (Å²) in [7, 11) is 2.63. The summed E-state index contributed by atoms with van der Waals surface area (Å²) in [6.07, 6.45) is -2.52. The van der Waals surface area contributed by atoms with Gasteiger partial charge in [0.1, 0.15) is 65.6 Å². The number of hydrogen-bond donors (Lipinski definition) is 7. The van der Waals surface area contributed by atoms with Gasteiger partial charge in [0.05, 0.1) is 13.1 Å². The number of carbonyl (C=O) groups is 8. The largest absolute Gasteiger partial charge is 0.491 e. The Balaban J connectivity index is 2.23. The summed E-state index contributed by atoms with van der Waals surface area (Å²) in [5, 5.41) is 25.5. The van der Waals surface area contributed by atoms with Crippen molar-refractivity contribution in [3.63, 3.8) is 0 Å². The van der Waals surface area contributed by atoms with Crippen molar-refractivity contribution in [1.29, 1.82) is 0 Å². The molecule has 4 bridgehead atoms. The smallest absolute Gasteiger partial charge is 0.407 e. The Morgan fingerprint density at radius 2 is 1.19 bits per heavy atom. The molecular weight excluding hydrogens is 875 g/mol. The third-order valence-corrected chi connectivity index (χ3v) is 9.46. The van der Waals surface area contributed by atoms with Crippen LogP contribution in [-0.2, 0) is 44.6 Å². The summed E-state index contributed by atoms with van der Waals surface area (Å²) in [6.45, 7) is 16.4. The fourth-order valence-corrected chi connectivity index (χ4v) is 6.54. The summed E-state index contributed by atoms with van der Waals surface area (Å²) in [6, 6.07) is 5.10. The van der Waals surface area contributed by atoms with Crippen molar-refractivity contribution in [3.05, 3.63) is 47.5 Å². The van der Waals surface area contributed by atoms with Gasteiger partial charge in [0.15, 0.2) is 0 Å². The topological polar surface area (TPSA) is 278 Å². The highest BCUT2D eigenvalue weighted by Gasteiger charge is 2.38. The molecule has 21 nitrogen and oxygen atoms in total. The zero-order chi connectivity index (χ0) is 50.4. The van der Waals surface area contributed by atoms with E-state index >= 15 is 0 Å². The Bertz CT molecular complexity index is 2130. The van der Waals surface area contributed by atoms with Gasteiger partial charge in [0.25, 0.3) is 0 Å². The van der Waals surface area contributed by atoms with Gasteiger partial charge in [-0.15, -0.1) is 0 Å². The molecule has 2 aromatic rings. The van der Waals surface area contributed by atoms with Gasteiger partial charge in [-0.3, -0.25) is 19.2 Å². The zero-order valence-electron chi connectivity index (χ0n) is 40.4. The molecule has 370 valence electrons. The van der Waals surface area contributed by atoms with E-state index in [-0.39, 0.29) is 68.3 Å². The van der Waals surface area contributed by atoms with Crippen molar-refractivity contribution in [2.45, 2.75) is 117 Å². The lowest BCUT2D eigenvalue weighted by atomic mass is 9.93. The first-order valence-electron chi connectivity index (χ1n) is 21.8. The van der Waals surface area contributed by atoms with Gasteiger partial charge in [0.2, 0.25) is 23.6 Å². The van der Waals surface area contributed by atoms with Gasteiger partial charge in [0, 0.05) is 38.2 Å². The molecule has 67 heavy (non-hydrogen) atoms. The van der Waals surface area contributed by atoms with E-state index in [1.807, 2.05) is 0 Å². The standard InChI is InChI=1S/C46H67N7O14/c1-26-36(54)52-32(40(58)59)24-27-13-15-33(63-21-19-49-42(61)66-45(5,6)7)30(23-27)31-25-28(14-16-34(31)64-22-20-50-43(62)67-46(8,9)10)35(38(56)51-26)53(12)39(57)29(37(55)47-11)17-18-48-41(60)65-44(2,3)4/h13-16,23,25-26,29,32,35H,17-22,24H2,1-12H3,(H,47,55)(H,48,60)(H,49,61)(H,50,62)(H,51,56)(H,52,54)(H,58,59)/t26-,29?,32-,35-/m0/s1. The molecule has 0 aliphatic carbocycles. The van der Waals surface area contributed by atoms with Crippen LogP contribution in [0.1, 0.15) is 92.8 Å². The monoisotopic (exact) mass is 941 g/mol. The number of rotatable bonds is 15. The first-order valence-corrected chi connectivity index (χ1v) is 21.8. The van der Waals surface area contributed by atoms with Crippen LogP contribution in [0.4, 0.5) is 14.4 Å². The lowest BCUT2D eigenvalue weighted by Crippen LogP contribution is -2.54. The van der Waals surface area contributed by atoms with Crippen molar-refractivity contribution in [1.82, 2.24) is 36.8 Å². The zero-order valence-corrected chi connectivity index (χ0v) is 40.4. The molecule has 21 heteroatoms. The molecule has 0 aromatic heterocycles. The number of alkyl carbamates (subject to hydrolysis) is 3. The molecule has 1 aliphatic heterocycles. The number of nitrogens with one attached hydrogen (secondary N) is 6. The molecular formula is C46H67N7O14. The number of carboxylic acids is 1. The lowest BCUT2D eigenvalue weighted by molar-refractivity contribution is -0.147. The minimum Gasteiger partial charge on any atom is -0.491 e. The molecule has 2 aromatic carbocycles. The Labute approximate surface area is 391 Å². The molecule has 1 aliphatic rings. The van der Waals surface area contributed by atoms with Crippen molar-refractivity contribution >= 4 is 47.9 Å². The highest BCUT2D eigenvalue weighted by Crippen LogP contribution is 2.40. The van der Waals surface area contributed by atoms with Crippen LogP contribution in [0.3, 0.4) is 0 Å². The number of carbonyl (C=O) groups excluding carboxylic acids is 7. The average Bonchev–Trinajstić information content (AvgIpc) is 3.20. The highest BCUT2D eigenvalue weighted by atomic mass is 16.6. The van der Waals surface area contributed by atoms with Crippen LogP contribution in [-0.4, -0.2) is 134 Å². The molecule has 3 rings (SSSR count). The number of aliphatic carboxylic acids is 1. The summed E-state index contributed by atoms with van der Waals surface area (Å²) in [5.74, 6) is -5.59. The second kappa shape index (κ2) is 23.6. The average molecular weight is 942 g/mol. The molecule has 1 unspecified atom stereocenters. The van der Waals surface area contributed by atoms with E-state index in [0.29, 0.717) is 11.1 Å². The Hall–Kier alpha value is -6.80. The third kappa shape index (κ3) is 17.8. The summed E-state index contributed by atoms with van der Waals surface area (Å²) >= 11 is 0. The minimum absolute atomic E-state index is 0.000347. The van der Waals surface area contributed by atoms with Gasteiger partial charge >= 0.3 is 24.2 Å². The maximum absolute atomic E-state index is 14.5. The summed E-state index contributed by atoms with van der Waals surface area (Å²) in [4.78, 5) is 107. The molecule has 4 atom stereocenters. The Kier molecular flexibility index (Phi) is 19.2. The lowest BCUT2D eigenvalue weighted by Gasteiger charge is -2.32. The van der Waals surface area contributed by atoms with E-state index < -0.39 is 88.7 Å². The second-order valence-electron chi connectivity index (χ2n) is 18.7. The van der Waals surface area contributed by atoms with Gasteiger partial charge in [-0.1, -0.05) is 12.1 Å². The first kappa shape index (κ1) is 54.5. The molecule has 0 spiro atoms. The molecule has 0 saturated carbocycles. The van der Waals surface area contributed by atoms with Crippen molar-refractivity contribution < 1.29 is 67.1 Å². The maximum Gasteiger partial charge on any atom is 0.407 e. The van der Waals surface area contributed by atoms with Gasteiger partial charge in [-0.25, -0.2) is 19.2 Å². The number of amides is 7. The summed E-state index contributed by atoms with van der Waals surface area (Å²) < 4.78 is 28.4. The third-order valence-electron chi connectivity index (χ3n) is 9.46. The van der Waals surface area contributed by atoms with E-state index in [1.165, 1.54) is 33.2 Å². The van der Waals surface area contributed by atoms with E-state index in [4.69, 9.17) is 23.7 Å².